The molecular weight excluding hydrogens is 283 g/mol. The van der Waals surface area contributed by atoms with Crippen molar-refractivity contribution in [3.8, 4) is 0 Å². The van der Waals surface area contributed by atoms with Crippen molar-refractivity contribution in [3.05, 3.63) is 33.8 Å². The van der Waals surface area contributed by atoms with Crippen LogP contribution in [0.25, 0.3) is 0 Å². The van der Waals surface area contributed by atoms with Gasteiger partial charge in [0, 0.05) is 13.1 Å². The Hall–Kier alpha value is -0.320. The number of nitrogens with zero attached hydrogens (tertiary/aromatic N) is 1. The highest BCUT2D eigenvalue weighted by molar-refractivity contribution is 6.42. The molecule has 0 radical (unpaired) electrons. The molecule has 1 heterocycles. The van der Waals surface area contributed by atoms with Crippen LogP contribution in [0.15, 0.2) is 18.2 Å². The van der Waals surface area contributed by atoms with Crippen LogP contribution in [0.3, 0.4) is 0 Å². The second-order valence-electron chi connectivity index (χ2n) is 4.80. The van der Waals surface area contributed by atoms with E-state index < -0.39 is 0 Å². The predicted molar refractivity (Wildman–Crippen MR) is 79.9 cm³/mol. The minimum absolute atomic E-state index is 0.0116. The van der Waals surface area contributed by atoms with Gasteiger partial charge >= 0.3 is 0 Å². The lowest BCUT2D eigenvalue weighted by atomic mass is 9.97. The SMILES string of the molecule is CCCN1CCOC(CN)C1c1ccc(Cl)c(Cl)c1. The van der Waals surface area contributed by atoms with Gasteiger partial charge in [-0.25, -0.2) is 0 Å². The minimum Gasteiger partial charge on any atom is -0.374 e. The van der Waals surface area contributed by atoms with Crippen molar-refractivity contribution in [2.75, 3.05) is 26.2 Å². The van der Waals surface area contributed by atoms with E-state index in [-0.39, 0.29) is 12.1 Å². The third kappa shape index (κ3) is 3.41. The Morgan fingerprint density at radius 3 is 2.79 bits per heavy atom. The van der Waals surface area contributed by atoms with Crippen molar-refractivity contribution in [3.63, 3.8) is 0 Å². The molecule has 1 aliphatic heterocycles. The van der Waals surface area contributed by atoms with Crippen LogP contribution in [0, 0.1) is 0 Å². The highest BCUT2D eigenvalue weighted by Gasteiger charge is 2.32. The molecule has 0 spiro atoms. The molecule has 3 nitrogen and oxygen atoms in total. The van der Waals surface area contributed by atoms with Gasteiger partial charge < -0.3 is 10.5 Å². The zero-order valence-corrected chi connectivity index (χ0v) is 12.6. The Bertz CT molecular complexity index is 426. The van der Waals surface area contributed by atoms with E-state index in [9.17, 15) is 0 Å². The normalized spacial score (nSPS) is 24.6. The summed E-state index contributed by atoms with van der Waals surface area (Å²) in [4.78, 5) is 2.42. The number of halogens is 2. The van der Waals surface area contributed by atoms with Gasteiger partial charge in [0.25, 0.3) is 0 Å². The lowest BCUT2D eigenvalue weighted by Crippen LogP contribution is -2.48. The van der Waals surface area contributed by atoms with Gasteiger partial charge in [0.05, 0.1) is 28.8 Å². The number of nitrogens with two attached hydrogens (primary N) is 1. The minimum atomic E-state index is 0.0116. The van der Waals surface area contributed by atoms with Crippen molar-refractivity contribution in [1.29, 1.82) is 0 Å². The summed E-state index contributed by atoms with van der Waals surface area (Å²) >= 11 is 12.1. The zero-order valence-electron chi connectivity index (χ0n) is 11.1. The van der Waals surface area contributed by atoms with E-state index in [0.717, 1.165) is 31.7 Å². The summed E-state index contributed by atoms with van der Waals surface area (Å²) < 4.78 is 5.80. The smallest absolute Gasteiger partial charge is 0.0894 e. The standard InChI is InChI=1S/C14H20Cl2N2O/c1-2-5-18-6-7-19-13(9-17)14(18)10-3-4-11(15)12(16)8-10/h3-4,8,13-14H,2,5-7,9,17H2,1H3. The lowest BCUT2D eigenvalue weighted by molar-refractivity contribution is -0.0676. The van der Waals surface area contributed by atoms with E-state index in [4.69, 9.17) is 33.7 Å². The molecule has 1 fully saturated rings. The Morgan fingerprint density at radius 1 is 1.37 bits per heavy atom. The number of ether oxygens (including phenoxy) is 1. The third-order valence-electron chi connectivity index (χ3n) is 3.48. The Balaban J connectivity index is 2.30. The van der Waals surface area contributed by atoms with Crippen LogP contribution in [0.2, 0.25) is 10.0 Å². The molecule has 0 saturated carbocycles. The monoisotopic (exact) mass is 302 g/mol. The van der Waals surface area contributed by atoms with Gasteiger partial charge in [0.1, 0.15) is 0 Å². The zero-order chi connectivity index (χ0) is 13.8. The van der Waals surface area contributed by atoms with Gasteiger partial charge in [-0.2, -0.15) is 0 Å². The molecule has 0 amide bonds. The van der Waals surface area contributed by atoms with Crippen LogP contribution in [0.5, 0.6) is 0 Å². The first kappa shape index (κ1) is 15.1. The van der Waals surface area contributed by atoms with E-state index >= 15 is 0 Å². The maximum atomic E-state index is 6.13. The summed E-state index contributed by atoms with van der Waals surface area (Å²) in [7, 11) is 0. The first-order chi connectivity index (χ1) is 9.17. The predicted octanol–water partition coefficient (Wildman–Crippen LogP) is 3.10. The number of rotatable bonds is 4. The molecule has 2 unspecified atom stereocenters. The molecule has 2 N–H and O–H groups in total. The van der Waals surface area contributed by atoms with Crippen LogP contribution in [-0.2, 0) is 4.74 Å². The topological polar surface area (TPSA) is 38.5 Å². The van der Waals surface area contributed by atoms with Crippen LogP contribution in [0.4, 0.5) is 0 Å². The van der Waals surface area contributed by atoms with Gasteiger partial charge in [0.2, 0.25) is 0 Å². The van der Waals surface area contributed by atoms with Crippen molar-refractivity contribution in [1.82, 2.24) is 4.90 Å². The van der Waals surface area contributed by atoms with Gasteiger partial charge in [-0.1, -0.05) is 36.2 Å². The summed E-state index contributed by atoms with van der Waals surface area (Å²) in [6.45, 7) is 5.38. The van der Waals surface area contributed by atoms with E-state index in [1.807, 2.05) is 18.2 Å². The van der Waals surface area contributed by atoms with Crippen molar-refractivity contribution >= 4 is 23.2 Å². The average molecular weight is 303 g/mol. The highest BCUT2D eigenvalue weighted by Crippen LogP contribution is 2.33. The molecule has 1 aromatic rings. The number of hydrogen-bond donors (Lipinski definition) is 1. The van der Waals surface area contributed by atoms with Gasteiger partial charge in [0.15, 0.2) is 0 Å². The molecule has 2 rings (SSSR count). The molecule has 2 atom stereocenters. The molecule has 1 aromatic carbocycles. The van der Waals surface area contributed by atoms with Gasteiger partial charge in [-0.15, -0.1) is 0 Å². The van der Waals surface area contributed by atoms with Crippen LogP contribution in [-0.4, -0.2) is 37.2 Å². The van der Waals surface area contributed by atoms with Crippen molar-refractivity contribution in [2.24, 2.45) is 5.73 Å². The van der Waals surface area contributed by atoms with Crippen molar-refractivity contribution < 1.29 is 4.74 Å². The fraction of sp³-hybridized carbons (Fsp3) is 0.571. The number of benzene rings is 1. The highest BCUT2D eigenvalue weighted by atomic mass is 35.5. The fourth-order valence-electron chi connectivity index (χ4n) is 2.64. The molecule has 1 aliphatic rings. The Morgan fingerprint density at radius 2 is 2.16 bits per heavy atom. The van der Waals surface area contributed by atoms with E-state index in [2.05, 4.69) is 11.8 Å². The molecule has 5 heteroatoms. The average Bonchev–Trinajstić information content (AvgIpc) is 2.42. The second kappa shape index (κ2) is 6.91. The maximum absolute atomic E-state index is 6.13. The number of hydrogen-bond acceptors (Lipinski definition) is 3. The molecule has 0 aromatic heterocycles. The fourth-order valence-corrected chi connectivity index (χ4v) is 2.95. The first-order valence-electron chi connectivity index (χ1n) is 6.68. The summed E-state index contributed by atoms with van der Waals surface area (Å²) in [6.07, 6.45) is 1.12. The summed E-state index contributed by atoms with van der Waals surface area (Å²) in [5.41, 5.74) is 6.97. The van der Waals surface area contributed by atoms with Gasteiger partial charge in [-0.05, 0) is 30.7 Å². The Kier molecular flexibility index (Phi) is 5.48. The van der Waals surface area contributed by atoms with Crippen LogP contribution >= 0.6 is 23.2 Å². The quantitative estimate of drug-likeness (QED) is 0.929. The molecule has 19 heavy (non-hydrogen) atoms. The Labute approximate surface area is 124 Å². The molecular formula is C14H20Cl2N2O. The summed E-state index contributed by atoms with van der Waals surface area (Å²) in [5, 5.41) is 1.16. The van der Waals surface area contributed by atoms with Gasteiger partial charge in [-0.3, -0.25) is 4.90 Å². The first-order valence-corrected chi connectivity index (χ1v) is 7.43. The lowest BCUT2D eigenvalue weighted by Gasteiger charge is -2.41. The largest absolute Gasteiger partial charge is 0.374 e. The van der Waals surface area contributed by atoms with E-state index in [0.29, 0.717) is 16.6 Å². The summed E-state index contributed by atoms with van der Waals surface area (Å²) in [6, 6.07) is 5.94. The maximum Gasteiger partial charge on any atom is 0.0894 e. The number of morpholine rings is 1. The second-order valence-corrected chi connectivity index (χ2v) is 5.61. The third-order valence-corrected chi connectivity index (χ3v) is 4.22. The van der Waals surface area contributed by atoms with E-state index in [1.165, 1.54) is 0 Å². The molecule has 1 saturated heterocycles. The van der Waals surface area contributed by atoms with E-state index in [1.54, 1.807) is 0 Å². The van der Waals surface area contributed by atoms with Crippen LogP contribution in [0.1, 0.15) is 24.9 Å². The van der Waals surface area contributed by atoms with Crippen LogP contribution < -0.4 is 5.73 Å². The molecule has 0 aliphatic carbocycles. The van der Waals surface area contributed by atoms with Crippen molar-refractivity contribution in [2.45, 2.75) is 25.5 Å². The molecule has 0 bridgehead atoms. The molecule has 106 valence electrons. The summed E-state index contributed by atoms with van der Waals surface area (Å²) in [5.74, 6) is 0.